The van der Waals surface area contributed by atoms with Crippen LogP contribution in [0.2, 0.25) is 5.02 Å². The average molecular weight is 1970 g/mol. The largest absolute Gasteiger partial charge is 0.481 e. The molecule has 5 aliphatic carbocycles. The number of nitrogens with one attached hydrogen (secondary N) is 4. The van der Waals surface area contributed by atoms with Crippen molar-refractivity contribution in [1.82, 2.24) is 59.1 Å². The molecule has 9 fully saturated rings. The normalized spacial score (nSPS) is 22.7. The van der Waals surface area contributed by atoms with Crippen LogP contribution in [0.5, 0.6) is 0 Å². The predicted octanol–water partition coefficient (Wildman–Crippen LogP) is 24.8. The summed E-state index contributed by atoms with van der Waals surface area (Å²) in [6.45, 7) is 5.40. The van der Waals surface area contributed by atoms with Crippen LogP contribution in [0, 0.1) is 81.6 Å². The molecule has 1 spiro atoms. The molecule has 8 N–H and O–H groups in total. The van der Waals surface area contributed by atoms with Gasteiger partial charge in [0.15, 0.2) is 34.9 Å². The van der Waals surface area contributed by atoms with E-state index in [0.717, 1.165) is 246 Å². The van der Waals surface area contributed by atoms with E-state index in [-0.39, 0.29) is 57.8 Å². The molecule has 0 unspecified atom stereocenters. The van der Waals surface area contributed by atoms with Crippen molar-refractivity contribution in [3.05, 3.63) is 237 Å². The number of benzene rings is 8. The van der Waals surface area contributed by atoms with Gasteiger partial charge in [-0.3, -0.25) is 39.6 Å². The monoisotopic (exact) mass is 1970 g/mol. The molecular weight excluding hydrogens is 1860 g/mol. The molecule has 0 atom stereocenters. The van der Waals surface area contributed by atoms with Crippen LogP contribution in [0.3, 0.4) is 0 Å². The predicted molar refractivity (Wildman–Crippen MR) is 528 cm³/mol. The SMILES string of the molecule is O=C(O)C1CC2(C1)CC(c1c(C3CCOCC3)n(-c3ccc(F)c(Cl)c3)c3cc4cn[nH]c4cc13)C2.O=C(O)C1CCC(Cc2c(C3CCOCC3)n(-c3ccc(F)c(F)c3)c3cc4cn[nH]c4cc23)CC1.O=C(O)C1CCC(Cc2c(C3CCOCC3)n(-c3ccc(F)c(F)c3)c3cc4cn[nH]c4cc23)CC1.O=C(O)C1CCC(c2c(C3CCOCC3)n(-c3ccc(F)c(F)c3)c3cc4cn[nH]c4cc23)CC1. The quantitative estimate of drug-likeness (QED) is 0.0370. The summed E-state index contributed by atoms with van der Waals surface area (Å²) in [6, 6.07) is 34.2. The van der Waals surface area contributed by atoms with E-state index in [1.54, 1.807) is 48.9 Å². The molecule has 24 nitrogen and oxygen atoms in total. The van der Waals surface area contributed by atoms with Crippen LogP contribution < -0.4 is 0 Å². The highest BCUT2D eigenvalue weighted by atomic mass is 35.5. The molecule has 9 aliphatic rings. The lowest BCUT2D eigenvalue weighted by atomic mass is 9.47. The van der Waals surface area contributed by atoms with E-state index >= 15 is 0 Å². The molecular formula is C111H112ClF7N12O12. The van der Waals surface area contributed by atoms with Crippen molar-refractivity contribution in [3.8, 4) is 22.7 Å². The summed E-state index contributed by atoms with van der Waals surface area (Å²) < 4.78 is 130. The van der Waals surface area contributed by atoms with Gasteiger partial charge in [0, 0.05) is 183 Å². The van der Waals surface area contributed by atoms with Crippen LogP contribution in [0.25, 0.3) is 110 Å². The van der Waals surface area contributed by atoms with Crippen LogP contribution in [-0.4, -0.2) is 156 Å². The Bertz CT molecular complexity index is 7320. The highest BCUT2D eigenvalue weighted by Gasteiger charge is 2.56. The summed E-state index contributed by atoms with van der Waals surface area (Å²) in [5, 5.41) is 75.4. The minimum Gasteiger partial charge on any atom is -0.481 e. The van der Waals surface area contributed by atoms with Gasteiger partial charge < -0.3 is 57.6 Å². The maximum atomic E-state index is 14.5. The Hall–Kier alpha value is -12.7. The molecule has 32 heteroatoms. The van der Waals surface area contributed by atoms with Crippen molar-refractivity contribution in [2.45, 2.75) is 202 Å². The van der Waals surface area contributed by atoms with Crippen molar-refractivity contribution in [2.75, 3.05) is 52.9 Å². The van der Waals surface area contributed by atoms with Crippen molar-refractivity contribution < 1.29 is 89.3 Å². The van der Waals surface area contributed by atoms with Gasteiger partial charge in [0.2, 0.25) is 0 Å². The maximum Gasteiger partial charge on any atom is 0.306 e. The molecule has 0 radical (unpaired) electrons. The Labute approximate surface area is 822 Å². The summed E-state index contributed by atoms with van der Waals surface area (Å²) in [5.74, 6) is -7.22. The molecule has 5 saturated carbocycles. The number of aliphatic carboxylic acids is 4. The molecule has 0 amide bonds. The molecule has 0 bridgehead atoms. The number of carbonyl (C=O) groups is 4. The number of fused-ring (bicyclic) bond motifs is 8. The number of H-pyrrole nitrogens is 4. The summed E-state index contributed by atoms with van der Waals surface area (Å²) >= 11 is 6.27. The molecule has 8 aromatic heterocycles. The number of hydrogen-bond donors (Lipinski definition) is 8. The smallest absolute Gasteiger partial charge is 0.306 e. The molecule has 16 aromatic rings. The Morgan fingerprint density at radius 3 is 0.923 bits per heavy atom. The third kappa shape index (κ3) is 18.4. The molecule has 744 valence electrons. The van der Waals surface area contributed by atoms with Crippen molar-refractivity contribution in [3.63, 3.8) is 0 Å². The van der Waals surface area contributed by atoms with Gasteiger partial charge in [0.05, 0.1) is 97.6 Å². The number of halogens is 8. The van der Waals surface area contributed by atoms with Gasteiger partial charge in [-0.15, -0.1) is 0 Å². The Kier molecular flexibility index (Phi) is 26.5. The number of aromatic amines is 4. The van der Waals surface area contributed by atoms with Crippen molar-refractivity contribution >= 4 is 123 Å². The molecule has 12 heterocycles. The third-order valence-electron chi connectivity index (χ3n) is 33.0. The summed E-state index contributed by atoms with van der Waals surface area (Å²) in [5.41, 5.74) is 20.1. The van der Waals surface area contributed by atoms with Crippen molar-refractivity contribution in [2.24, 2.45) is 40.9 Å². The number of aromatic nitrogens is 12. The lowest BCUT2D eigenvalue weighted by Crippen LogP contribution is -2.49. The van der Waals surface area contributed by atoms with Crippen LogP contribution in [0.15, 0.2) is 146 Å². The van der Waals surface area contributed by atoms with Gasteiger partial charge in [-0.05, 0) is 321 Å². The first-order chi connectivity index (χ1) is 69.4. The average Bonchev–Trinajstić information content (AvgIpc) is 1.63. The standard InChI is InChI=1S/C28H27ClFN3O3.2C28H29F2N3O3.C27H27F2N3O3/c29-21-8-19(1-2-22(21)30)33-24-7-16-14-31-32-23(16)9-20(24)25(26(33)15-3-5-36-6-4-15)17-10-28(11-17)12-18(13-28)27(34)35;2*29-23-6-5-20(13-24(23)30)33-26-12-19-15-31-32-25(19)14-21(26)22(27(33)17-7-9-36-10-8-17)11-16-1-3-18(4-2-16)28(34)35;28-21-6-5-19(12-22(21)29)32-24-11-18-14-30-31-23(18)13-20(24)25(26(32)16-7-9-35-10-8-16)15-1-3-17(4-2-15)27(33)34/h1-2,7-9,14-15,17-18H,3-6,10-13H2,(H,31,32)(H,34,35);2*5-6,12-18H,1-4,7-11H2,(H,31,32)(H,34,35);5-6,11-17H,1-4,7-10H2,(H,30,31)(H,33,34). The minimum atomic E-state index is -0.879. The van der Waals surface area contributed by atoms with Crippen LogP contribution >= 0.6 is 11.6 Å². The molecule has 143 heavy (non-hydrogen) atoms. The lowest BCUT2D eigenvalue weighted by molar-refractivity contribution is -0.155. The zero-order valence-corrected chi connectivity index (χ0v) is 79.7. The summed E-state index contributed by atoms with van der Waals surface area (Å²) in [6.07, 6.45) is 28.5. The second-order valence-electron chi connectivity index (χ2n) is 41.4. The molecule has 8 aromatic carbocycles. The number of ether oxygens (including phenoxy) is 4. The van der Waals surface area contributed by atoms with Gasteiger partial charge in [-0.1, -0.05) is 11.6 Å². The topological polar surface area (TPSA) is 321 Å². The second kappa shape index (κ2) is 39.8. The maximum absolute atomic E-state index is 14.5. The van der Waals surface area contributed by atoms with E-state index in [4.69, 9.17) is 30.5 Å². The zero-order chi connectivity index (χ0) is 98.3. The number of carboxylic acids is 4. The van der Waals surface area contributed by atoms with E-state index in [9.17, 15) is 70.3 Å². The Morgan fingerprint density at radius 2 is 0.601 bits per heavy atom. The Balaban J connectivity index is 0.000000109. The first-order valence-corrected chi connectivity index (χ1v) is 50.9. The lowest BCUT2D eigenvalue weighted by Gasteiger charge is -2.57. The van der Waals surface area contributed by atoms with E-state index < -0.39 is 64.6 Å². The number of hydrogen-bond acceptors (Lipinski definition) is 12. The van der Waals surface area contributed by atoms with Gasteiger partial charge in [-0.25, -0.2) is 30.7 Å². The third-order valence-corrected chi connectivity index (χ3v) is 33.3. The van der Waals surface area contributed by atoms with Crippen LogP contribution in [0.4, 0.5) is 30.7 Å². The van der Waals surface area contributed by atoms with E-state index in [1.807, 2.05) is 6.20 Å². The highest BCUT2D eigenvalue weighted by Crippen LogP contribution is 2.66. The fourth-order valence-electron chi connectivity index (χ4n) is 25.7. The van der Waals surface area contributed by atoms with E-state index in [1.165, 1.54) is 75.8 Å². The molecule has 4 aliphatic heterocycles. The summed E-state index contributed by atoms with van der Waals surface area (Å²) in [4.78, 5) is 46.0. The van der Waals surface area contributed by atoms with Gasteiger partial charge in [0.25, 0.3) is 0 Å². The first-order valence-electron chi connectivity index (χ1n) is 50.5. The Morgan fingerprint density at radius 1 is 0.315 bits per heavy atom. The number of rotatable bonds is 18. The fourth-order valence-corrected chi connectivity index (χ4v) is 25.9. The van der Waals surface area contributed by atoms with Crippen LogP contribution in [-0.2, 0) is 51.0 Å². The highest BCUT2D eigenvalue weighted by molar-refractivity contribution is 6.31. The van der Waals surface area contributed by atoms with Gasteiger partial charge in [-0.2, -0.15) is 20.4 Å². The zero-order valence-electron chi connectivity index (χ0n) is 79.0. The number of nitrogens with zero attached hydrogens (tertiary/aromatic N) is 8. The summed E-state index contributed by atoms with van der Waals surface area (Å²) in [7, 11) is 0. The molecule has 4 saturated heterocycles. The van der Waals surface area contributed by atoms with Gasteiger partial charge in [0.1, 0.15) is 5.82 Å². The molecule has 25 rings (SSSR count). The van der Waals surface area contributed by atoms with Crippen LogP contribution in [0.1, 0.15) is 235 Å². The minimum absolute atomic E-state index is 0.106. The van der Waals surface area contributed by atoms with Crippen molar-refractivity contribution in [1.29, 1.82) is 0 Å². The first kappa shape index (κ1) is 95.2. The second-order valence-corrected chi connectivity index (χ2v) is 41.8. The fraction of sp³-hybridized carbons (Fsp3) is 0.423. The van der Waals surface area contributed by atoms with E-state index in [2.05, 4.69) is 108 Å². The van der Waals surface area contributed by atoms with E-state index in [0.29, 0.717) is 119 Å². The van der Waals surface area contributed by atoms with Gasteiger partial charge >= 0.3 is 23.9 Å². The number of carboxylic acid groups (broad SMARTS) is 4.